The molecule has 1 heterocycles. The normalized spacial score (nSPS) is 15.0. The van der Waals surface area contributed by atoms with Gasteiger partial charge in [-0.3, -0.25) is 14.4 Å². The second kappa shape index (κ2) is 8.93. The van der Waals surface area contributed by atoms with Gasteiger partial charge >= 0.3 is 5.97 Å². The summed E-state index contributed by atoms with van der Waals surface area (Å²) in [6.45, 7) is 1.76. The quantitative estimate of drug-likeness (QED) is 0.714. The van der Waals surface area contributed by atoms with Crippen molar-refractivity contribution in [2.45, 2.75) is 31.3 Å². The molecule has 0 fully saturated rings. The van der Waals surface area contributed by atoms with Gasteiger partial charge in [0.15, 0.2) is 0 Å². The van der Waals surface area contributed by atoms with Gasteiger partial charge in [-0.15, -0.1) is 0 Å². The molecule has 0 bridgehead atoms. The molecule has 1 aliphatic rings. The van der Waals surface area contributed by atoms with E-state index >= 15 is 0 Å². The standard InChI is InChI=1S/C21H22N2O4S/c1-14(21(26)27)22-19(24)18(13-28-12-15-7-3-2-4-8-15)23-11-16-9-5-6-10-17(16)20(23)25/h2-10,14,18H,11-13H2,1H3,(H,22,24)(H,26,27)/t14-,18-/m0/s1. The van der Waals surface area contributed by atoms with Crippen molar-refractivity contribution in [1.82, 2.24) is 10.2 Å². The zero-order valence-corrected chi connectivity index (χ0v) is 16.3. The first-order valence-corrected chi connectivity index (χ1v) is 10.2. The van der Waals surface area contributed by atoms with Crippen LogP contribution in [0.4, 0.5) is 0 Å². The first-order valence-electron chi connectivity index (χ1n) is 9.01. The number of carboxylic acid groups (broad SMARTS) is 1. The highest BCUT2D eigenvalue weighted by molar-refractivity contribution is 7.98. The van der Waals surface area contributed by atoms with Crippen molar-refractivity contribution in [3.8, 4) is 0 Å². The number of carbonyl (C=O) groups is 3. The predicted octanol–water partition coefficient (Wildman–Crippen LogP) is 2.53. The Hall–Kier alpha value is -2.80. The zero-order valence-electron chi connectivity index (χ0n) is 15.5. The zero-order chi connectivity index (χ0) is 20.1. The summed E-state index contributed by atoms with van der Waals surface area (Å²) in [5.74, 6) is -0.670. The van der Waals surface area contributed by atoms with Crippen LogP contribution in [0.3, 0.4) is 0 Å². The van der Waals surface area contributed by atoms with E-state index < -0.39 is 24.0 Å². The van der Waals surface area contributed by atoms with Crippen molar-refractivity contribution < 1.29 is 19.5 Å². The average molecular weight is 398 g/mol. The predicted molar refractivity (Wildman–Crippen MR) is 108 cm³/mol. The smallest absolute Gasteiger partial charge is 0.325 e. The van der Waals surface area contributed by atoms with E-state index in [-0.39, 0.29) is 5.91 Å². The van der Waals surface area contributed by atoms with E-state index in [4.69, 9.17) is 5.11 Å². The van der Waals surface area contributed by atoms with Crippen molar-refractivity contribution in [2.75, 3.05) is 5.75 Å². The van der Waals surface area contributed by atoms with Gasteiger partial charge < -0.3 is 15.3 Å². The van der Waals surface area contributed by atoms with Crippen LogP contribution in [0, 0.1) is 0 Å². The number of carbonyl (C=O) groups excluding carboxylic acids is 2. The fourth-order valence-corrected chi connectivity index (χ4v) is 4.17. The van der Waals surface area contributed by atoms with E-state index in [9.17, 15) is 14.4 Å². The fourth-order valence-electron chi connectivity index (χ4n) is 3.07. The van der Waals surface area contributed by atoms with E-state index in [1.54, 1.807) is 23.9 Å². The lowest BCUT2D eigenvalue weighted by Crippen LogP contribution is -2.52. The van der Waals surface area contributed by atoms with E-state index in [0.717, 1.165) is 11.1 Å². The molecule has 0 saturated heterocycles. The molecule has 0 aromatic heterocycles. The highest BCUT2D eigenvalue weighted by atomic mass is 32.2. The van der Waals surface area contributed by atoms with Crippen molar-refractivity contribution in [3.63, 3.8) is 0 Å². The summed E-state index contributed by atoms with van der Waals surface area (Å²) in [6, 6.07) is 15.4. The topological polar surface area (TPSA) is 86.7 Å². The van der Waals surface area contributed by atoms with Crippen LogP contribution in [0.2, 0.25) is 0 Å². The number of hydrogen-bond donors (Lipinski definition) is 2. The number of nitrogens with zero attached hydrogens (tertiary/aromatic N) is 1. The molecule has 146 valence electrons. The molecule has 2 N–H and O–H groups in total. The Morgan fingerprint density at radius 3 is 2.50 bits per heavy atom. The Morgan fingerprint density at radius 1 is 1.14 bits per heavy atom. The Morgan fingerprint density at radius 2 is 1.82 bits per heavy atom. The van der Waals surface area contributed by atoms with Crippen LogP contribution in [-0.4, -0.2) is 45.6 Å². The number of carboxylic acids is 1. The number of fused-ring (bicyclic) bond motifs is 1. The minimum atomic E-state index is -1.11. The van der Waals surface area contributed by atoms with E-state index in [2.05, 4.69) is 5.32 Å². The maximum atomic E-state index is 12.8. The Balaban J connectivity index is 1.74. The minimum Gasteiger partial charge on any atom is -0.480 e. The molecule has 7 heteroatoms. The first-order chi connectivity index (χ1) is 13.5. The molecular formula is C21H22N2O4S. The van der Waals surface area contributed by atoms with Crippen LogP contribution in [0.25, 0.3) is 0 Å². The van der Waals surface area contributed by atoms with Gasteiger partial charge in [0.25, 0.3) is 5.91 Å². The summed E-state index contributed by atoms with van der Waals surface area (Å²) in [7, 11) is 0. The number of nitrogens with one attached hydrogen (secondary N) is 1. The molecule has 2 atom stereocenters. The van der Waals surface area contributed by atoms with Crippen LogP contribution in [0.5, 0.6) is 0 Å². The van der Waals surface area contributed by atoms with Crippen LogP contribution in [0.15, 0.2) is 54.6 Å². The van der Waals surface area contributed by atoms with E-state index in [0.29, 0.717) is 23.6 Å². The van der Waals surface area contributed by atoms with Crippen molar-refractivity contribution in [1.29, 1.82) is 0 Å². The molecule has 2 aromatic rings. The Bertz CT molecular complexity index is 872. The van der Waals surface area contributed by atoms with Gasteiger partial charge in [-0.25, -0.2) is 0 Å². The second-order valence-corrected chi connectivity index (χ2v) is 7.71. The van der Waals surface area contributed by atoms with Gasteiger partial charge in [0.2, 0.25) is 5.91 Å². The van der Waals surface area contributed by atoms with Crippen LogP contribution < -0.4 is 5.32 Å². The van der Waals surface area contributed by atoms with Gasteiger partial charge in [0.1, 0.15) is 12.1 Å². The summed E-state index contributed by atoms with van der Waals surface area (Å²) in [4.78, 5) is 38.3. The maximum absolute atomic E-state index is 12.8. The molecule has 0 unspecified atom stereocenters. The summed E-state index contributed by atoms with van der Waals surface area (Å²) < 4.78 is 0. The molecule has 28 heavy (non-hydrogen) atoms. The molecule has 3 rings (SSSR count). The van der Waals surface area contributed by atoms with Crippen LogP contribution in [-0.2, 0) is 21.9 Å². The first kappa shape index (κ1) is 19.9. The van der Waals surface area contributed by atoms with Gasteiger partial charge in [0, 0.05) is 23.6 Å². The lowest BCUT2D eigenvalue weighted by atomic mass is 10.1. The average Bonchev–Trinajstić information content (AvgIpc) is 3.02. The molecule has 2 amide bonds. The molecule has 0 saturated carbocycles. The molecule has 0 aliphatic carbocycles. The van der Waals surface area contributed by atoms with Crippen molar-refractivity contribution >= 4 is 29.5 Å². The molecule has 0 radical (unpaired) electrons. The highest BCUT2D eigenvalue weighted by Crippen LogP contribution is 2.26. The second-order valence-electron chi connectivity index (χ2n) is 6.68. The number of rotatable bonds is 8. The molecule has 0 spiro atoms. The summed E-state index contributed by atoms with van der Waals surface area (Å²) >= 11 is 1.54. The third-order valence-corrected chi connectivity index (χ3v) is 5.73. The fraction of sp³-hybridized carbons (Fsp3) is 0.286. The van der Waals surface area contributed by atoms with E-state index in [1.165, 1.54) is 11.8 Å². The third kappa shape index (κ3) is 4.54. The summed E-state index contributed by atoms with van der Waals surface area (Å²) in [6.07, 6.45) is 0. The van der Waals surface area contributed by atoms with Crippen LogP contribution >= 0.6 is 11.8 Å². The van der Waals surface area contributed by atoms with Gasteiger partial charge in [0.05, 0.1) is 0 Å². The number of amides is 2. The molecule has 2 aromatic carbocycles. The number of benzene rings is 2. The number of hydrogen-bond acceptors (Lipinski definition) is 4. The number of aliphatic carboxylic acids is 1. The minimum absolute atomic E-state index is 0.195. The van der Waals surface area contributed by atoms with Gasteiger partial charge in [-0.2, -0.15) is 11.8 Å². The lowest BCUT2D eigenvalue weighted by Gasteiger charge is -2.27. The van der Waals surface area contributed by atoms with Gasteiger partial charge in [-0.1, -0.05) is 48.5 Å². The summed E-state index contributed by atoms with van der Waals surface area (Å²) in [5, 5.41) is 11.6. The molecular weight excluding hydrogens is 376 g/mol. The Kier molecular flexibility index (Phi) is 6.36. The van der Waals surface area contributed by atoms with Crippen molar-refractivity contribution in [3.05, 3.63) is 71.3 Å². The monoisotopic (exact) mass is 398 g/mol. The summed E-state index contributed by atoms with van der Waals surface area (Å²) in [5.41, 5.74) is 2.60. The Labute approximate surface area is 167 Å². The molecule has 6 nitrogen and oxygen atoms in total. The number of thioether (sulfide) groups is 1. The molecule has 1 aliphatic heterocycles. The lowest BCUT2D eigenvalue weighted by molar-refractivity contribution is -0.141. The SMILES string of the molecule is C[C@H](NC(=O)[C@H](CSCc1ccccc1)N1Cc2ccccc2C1=O)C(=O)O. The largest absolute Gasteiger partial charge is 0.480 e. The van der Waals surface area contributed by atoms with Gasteiger partial charge in [-0.05, 0) is 24.1 Å². The van der Waals surface area contributed by atoms with Crippen LogP contribution in [0.1, 0.15) is 28.4 Å². The third-order valence-electron chi connectivity index (χ3n) is 4.64. The van der Waals surface area contributed by atoms with Crippen molar-refractivity contribution in [2.24, 2.45) is 0 Å². The van der Waals surface area contributed by atoms with E-state index in [1.807, 2.05) is 42.5 Å². The highest BCUT2D eigenvalue weighted by Gasteiger charge is 2.36. The maximum Gasteiger partial charge on any atom is 0.325 e.